The zero-order chi connectivity index (χ0) is 100. The van der Waals surface area contributed by atoms with E-state index in [1.54, 1.807) is 81.5 Å². The van der Waals surface area contributed by atoms with Gasteiger partial charge in [-0.05, 0) is 288 Å². The molecule has 4 unspecified atom stereocenters. The van der Waals surface area contributed by atoms with Crippen LogP contribution in [0, 0.1) is 41.4 Å². The molecule has 23 heteroatoms. The van der Waals surface area contributed by atoms with Crippen molar-refractivity contribution in [2.45, 2.75) is 281 Å². The van der Waals surface area contributed by atoms with Crippen LogP contribution >= 0.6 is 0 Å². The Kier molecular flexibility index (Phi) is 62.1. The van der Waals surface area contributed by atoms with E-state index in [-0.39, 0.29) is 111 Å². The molecule has 6 aromatic carbocycles. The summed E-state index contributed by atoms with van der Waals surface area (Å²) in [6.45, 7) is 24.8. The van der Waals surface area contributed by atoms with Crippen LogP contribution in [0.3, 0.4) is 0 Å². The van der Waals surface area contributed by atoms with Gasteiger partial charge in [0.1, 0.15) is 38.6 Å². The van der Waals surface area contributed by atoms with Crippen molar-refractivity contribution in [1.29, 1.82) is 0 Å². The summed E-state index contributed by atoms with van der Waals surface area (Å²) < 4.78 is 48.9. The van der Waals surface area contributed by atoms with Gasteiger partial charge in [-0.25, -0.2) is 9.59 Å². The Hall–Kier alpha value is -10.1. The number of methoxy groups -OCH3 is 1. The summed E-state index contributed by atoms with van der Waals surface area (Å²) in [6, 6.07) is 45.4. The normalized spacial score (nSPS) is 15.6. The van der Waals surface area contributed by atoms with Gasteiger partial charge >= 0.3 is 23.9 Å². The summed E-state index contributed by atoms with van der Waals surface area (Å²) in [7, 11) is 1.33. The molecule has 0 saturated heterocycles. The van der Waals surface area contributed by atoms with Gasteiger partial charge in [-0.3, -0.25) is 28.8 Å². The van der Waals surface area contributed by atoms with Gasteiger partial charge in [0.25, 0.3) is 0 Å². The first-order chi connectivity index (χ1) is 65.9. The minimum atomic E-state index is -0.977. The molecule has 4 fully saturated rings. The van der Waals surface area contributed by atoms with E-state index in [2.05, 4.69) is 70.5 Å². The fourth-order valence-corrected chi connectivity index (χ4v) is 15.4. The van der Waals surface area contributed by atoms with Gasteiger partial charge < -0.3 is 73.3 Å². The van der Waals surface area contributed by atoms with Crippen molar-refractivity contribution in [2.24, 2.45) is 41.4 Å². The number of rotatable bonds is 47. The first-order valence-electron chi connectivity index (χ1n) is 49.2. The predicted molar refractivity (Wildman–Crippen MR) is 541 cm³/mol. The van der Waals surface area contributed by atoms with Crippen molar-refractivity contribution in [3.63, 3.8) is 0 Å². The summed E-state index contributed by atoms with van der Waals surface area (Å²) in [5.74, 6) is 0.215. The molecule has 6 atom stereocenters. The highest BCUT2D eigenvalue weighted by Gasteiger charge is 2.35. The van der Waals surface area contributed by atoms with E-state index in [9.17, 15) is 43.5 Å². The van der Waals surface area contributed by atoms with Crippen molar-refractivity contribution in [1.82, 2.24) is 0 Å². The number of carboxylic acids is 1. The lowest BCUT2D eigenvalue weighted by atomic mass is 9.77. The minimum Gasteiger partial charge on any atom is -0.478 e. The molecule has 137 heavy (non-hydrogen) atoms. The van der Waals surface area contributed by atoms with E-state index in [1.807, 2.05) is 118 Å². The molecule has 4 aliphatic rings. The first kappa shape index (κ1) is 119. The van der Waals surface area contributed by atoms with Gasteiger partial charge in [0.2, 0.25) is 0 Å². The highest BCUT2D eigenvalue weighted by Crippen LogP contribution is 2.37. The number of ketones is 4. The molecule has 4 saturated carbocycles. The maximum absolute atomic E-state index is 13.2. The molecule has 0 spiro atoms. The second kappa shape index (κ2) is 71.3. The summed E-state index contributed by atoms with van der Waals surface area (Å²) in [4.78, 5) is 94.1. The molecule has 23 nitrogen and oxygen atoms in total. The number of aryl methyl sites for hydroxylation is 2. The number of hydrogen-bond donors (Lipinski definition) is 6. The smallest absolute Gasteiger partial charge is 0.330 e. The molecule has 0 aromatic heterocycles. The fourth-order valence-electron chi connectivity index (χ4n) is 15.4. The van der Waals surface area contributed by atoms with E-state index in [1.165, 1.54) is 107 Å². The van der Waals surface area contributed by atoms with E-state index >= 15 is 0 Å². The number of aliphatic hydroxyl groups is 5. The number of esters is 3. The molecular weight excluding hydrogens is 1740 g/mol. The van der Waals surface area contributed by atoms with Crippen molar-refractivity contribution in [2.75, 3.05) is 53.4 Å². The molecular formula is C114H158O23. The van der Waals surface area contributed by atoms with Gasteiger partial charge in [-0.15, -0.1) is 0 Å². The van der Waals surface area contributed by atoms with Crippen LogP contribution in [0.4, 0.5) is 0 Å². The van der Waals surface area contributed by atoms with E-state index in [0.717, 1.165) is 144 Å². The zero-order valence-electron chi connectivity index (χ0n) is 83.5. The SMILES string of the molecule is CC.CC(C)COC(C)OCC(=O)/C=C/c1cccc(C(C)O)c1.CC(C)COC(C)OCC(=O)/C=C/c1cccc(CC[C@H](C(=O)OC2CCCC2)C2CCCCC2)c1.CC(C)COC(C)OCC(=O)/C=C/c1cccc(CO)c1.COC(=O)/C=C/c1cccc(CO)c1.O=C(/C=C/c1cccc(CC[C@H](C(=O)OC2CCCC2)C2CCCCC2)c1)CO.O=C(O)/C=C/c1cccc(CO)c1. The second-order valence-corrected chi connectivity index (χ2v) is 36.0. The molecule has 752 valence electrons. The Balaban J connectivity index is 0.000000353. The molecule has 6 N–H and O–H groups in total. The summed E-state index contributed by atoms with van der Waals surface area (Å²) in [6.07, 6.45) is 41.1. The van der Waals surface area contributed by atoms with Crippen LogP contribution in [0.2, 0.25) is 0 Å². The molecule has 6 aromatic rings. The summed E-state index contributed by atoms with van der Waals surface area (Å²) in [5.41, 5.74) is 10.9. The van der Waals surface area contributed by atoms with E-state index in [4.69, 9.17) is 63.4 Å². The van der Waals surface area contributed by atoms with Crippen molar-refractivity contribution >= 4 is 83.5 Å². The molecule has 0 aliphatic heterocycles. The third-order valence-electron chi connectivity index (χ3n) is 22.8. The summed E-state index contributed by atoms with van der Waals surface area (Å²) >= 11 is 0. The Morgan fingerprint density at radius 3 is 0.934 bits per heavy atom. The van der Waals surface area contributed by atoms with Crippen LogP contribution in [-0.2, 0) is 114 Å². The Morgan fingerprint density at radius 2 is 0.635 bits per heavy atom. The van der Waals surface area contributed by atoms with Crippen molar-refractivity contribution in [3.05, 3.63) is 249 Å². The fraction of sp³-hybridized carbons (Fsp3) is 0.509. The number of carboxylic acid groups (broad SMARTS) is 1. The van der Waals surface area contributed by atoms with Crippen LogP contribution in [-0.4, -0.2) is 162 Å². The maximum atomic E-state index is 13.2. The number of carbonyl (C=O) groups is 8. The molecule has 0 radical (unpaired) electrons. The lowest BCUT2D eigenvalue weighted by Crippen LogP contribution is -2.30. The lowest BCUT2D eigenvalue weighted by molar-refractivity contribution is -0.157. The maximum Gasteiger partial charge on any atom is 0.330 e. The third-order valence-corrected chi connectivity index (χ3v) is 22.8. The minimum absolute atomic E-state index is 0.0000950. The number of aliphatic carboxylic acids is 1. The van der Waals surface area contributed by atoms with Crippen LogP contribution in [0.25, 0.3) is 36.5 Å². The predicted octanol–water partition coefficient (Wildman–Crippen LogP) is 21.6. The van der Waals surface area contributed by atoms with Gasteiger partial charge in [-0.1, -0.05) is 240 Å². The van der Waals surface area contributed by atoms with Gasteiger partial charge in [-0.2, -0.15) is 0 Å². The highest BCUT2D eigenvalue weighted by atomic mass is 16.7. The Morgan fingerprint density at radius 1 is 0.350 bits per heavy atom. The number of hydrogen-bond acceptors (Lipinski definition) is 22. The average Bonchev–Trinajstić information content (AvgIpc) is 1.62. The second-order valence-electron chi connectivity index (χ2n) is 36.0. The topological polar surface area (TPSA) is 341 Å². The van der Waals surface area contributed by atoms with Crippen LogP contribution in [0.5, 0.6) is 0 Å². The van der Waals surface area contributed by atoms with Crippen LogP contribution in [0.15, 0.2) is 182 Å². The largest absolute Gasteiger partial charge is 0.478 e. The number of ether oxygens (including phenoxy) is 9. The molecule has 0 amide bonds. The number of aliphatic hydroxyl groups excluding tert-OH is 5. The monoisotopic (exact) mass is 1900 g/mol. The standard InChI is InChI=1S/C31H46O5.C25H34O4.C18H26O4.C17H24O4.C11H12O3.C10H10O3.C2H6/c1-23(2)21-34-24(3)35-22-28(32)18-16-25-10-9-11-26(20-25)17-19-30(27-12-5-4-6-13-27)31(33)36-29-14-7-8-15-29;26-18-22(27)15-13-19-7-6-8-20(17-19)14-16-24(21-9-2-1-3-10-21)25(28)29-23-11-4-5-12-23;1-13(2)11-21-15(4)22-12-18(20)9-8-16-6-5-7-17(10-16)14(3)19;1-13(2)11-20-14(3)21-12-17(19)8-7-15-5-4-6-16(9-15)10-18;1-14-11(13)6-5-9-3-2-4-10(7-9)8-12;11-7-9-3-1-2-8(6-9)4-5-10(12)13;1-2/h9-11,16,18,20,23-24,27,29-30H,4-8,12-15,17,19,21-22H2,1-3H3;6-8,13,15,17,21,23-24,26H,1-5,9-12,14,16,18H2;5-10,13-15,19H,11-12H2,1-4H3;4-9,13-14,18H,10-12H2,1-3H3;2-7,12H,8H2,1H3;1-6,11H,7H2,(H,12,13);1-2H3/b18-16+;15-13+;9-8+;8-7+;6-5+;5-4+;/t24?,30-;24-;;;;;/m00...../s1. The zero-order valence-corrected chi connectivity index (χ0v) is 83.5. The average molecular weight is 1900 g/mol. The molecule has 0 heterocycles. The number of benzene rings is 6. The highest BCUT2D eigenvalue weighted by molar-refractivity contribution is 5.96. The quantitative estimate of drug-likeness (QED) is 0.00894. The van der Waals surface area contributed by atoms with Crippen molar-refractivity contribution < 1.29 is 112 Å². The van der Waals surface area contributed by atoms with E-state index < -0.39 is 31.3 Å². The third kappa shape index (κ3) is 54.7. The first-order valence-corrected chi connectivity index (χ1v) is 49.2. The van der Waals surface area contributed by atoms with E-state index in [0.29, 0.717) is 49.4 Å². The van der Waals surface area contributed by atoms with Crippen molar-refractivity contribution in [3.8, 4) is 0 Å². The Labute approximate surface area is 815 Å². The number of carbonyl (C=O) groups excluding carboxylic acids is 7. The summed E-state index contributed by atoms with van der Waals surface area (Å²) in [5, 5.41) is 53.5. The van der Waals surface area contributed by atoms with Crippen LogP contribution < -0.4 is 0 Å². The van der Waals surface area contributed by atoms with Gasteiger partial charge in [0, 0.05) is 12.2 Å². The van der Waals surface area contributed by atoms with Gasteiger partial charge in [0.15, 0.2) is 42.0 Å². The lowest BCUT2D eigenvalue weighted by Gasteiger charge is -2.30. The molecule has 10 rings (SSSR count). The van der Waals surface area contributed by atoms with Gasteiger partial charge in [0.05, 0.1) is 64.7 Å². The van der Waals surface area contributed by atoms with Crippen LogP contribution in [0.1, 0.15) is 284 Å². The molecule has 4 aliphatic carbocycles. The Bertz CT molecular complexity index is 4620. The molecule has 0 bridgehead atoms.